The zero-order valence-corrected chi connectivity index (χ0v) is 14.2. The van der Waals surface area contributed by atoms with Gasteiger partial charge in [-0.1, -0.05) is 30.3 Å². The summed E-state index contributed by atoms with van der Waals surface area (Å²) in [7, 11) is 0. The number of aliphatic hydroxyl groups excluding tert-OH is 1. The molecule has 0 heterocycles. The lowest BCUT2D eigenvalue weighted by atomic mass is 10.1. The van der Waals surface area contributed by atoms with Crippen LogP contribution in [0.5, 0.6) is 5.75 Å². The van der Waals surface area contributed by atoms with Gasteiger partial charge in [-0.3, -0.25) is 0 Å². The summed E-state index contributed by atoms with van der Waals surface area (Å²) in [6.07, 6.45) is 0.0997. The largest absolute Gasteiger partial charge is 0.491 e. The summed E-state index contributed by atoms with van der Waals surface area (Å²) in [6, 6.07) is 14.1. The number of aliphatic hydroxyl groups is 1. The van der Waals surface area contributed by atoms with E-state index >= 15 is 0 Å². The average molecular weight is 328 g/mol. The number of carbonyl (C=O) groups excluding carboxylic acids is 1. The van der Waals surface area contributed by atoms with Crippen molar-refractivity contribution >= 4 is 11.7 Å². The Labute approximate surface area is 142 Å². The maximum atomic E-state index is 12.2. The Bertz CT molecular complexity index is 672. The fourth-order valence-corrected chi connectivity index (χ4v) is 2.36. The molecule has 0 bridgehead atoms. The highest BCUT2D eigenvalue weighted by Crippen LogP contribution is 2.22. The first kappa shape index (κ1) is 17.8. The lowest BCUT2D eigenvalue weighted by Gasteiger charge is -2.18. The molecule has 0 spiro atoms. The highest BCUT2D eigenvalue weighted by atomic mass is 16.5. The van der Waals surface area contributed by atoms with Gasteiger partial charge in [-0.25, -0.2) is 4.79 Å². The lowest BCUT2D eigenvalue weighted by Crippen LogP contribution is -2.34. The van der Waals surface area contributed by atoms with Crippen molar-refractivity contribution in [3.63, 3.8) is 0 Å². The molecule has 2 rings (SSSR count). The first-order valence-corrected chi connectivity index (χ1v) is 8.00. The normalized spacial score (nSPS) is 11.9. The molecule has 0 fully saturated rings. The van der Waals surface area contributed by atoms with Crippen molar-refractivity contribution in [1.29, 1.82) is 0 Å². The number of nitrogens with one attached hydrogen (secondary N) is 2. The molecule has 0 aliphatic heterocycles. The Hall–Kier alpha value is -2.53. The quantitative estimate of drug-likeness (QED) is 0.758. The predicted molar refractivity (Wildman–Crippen MR) is 95.4 cm³/mol. The van der Waals surface area contributed by atoms with Gasteiger partial charge in [-0.15, -0.1) is 0 Å². The topological polar surface area (TPSA) is 70.6 Å². The van der Waals surface area contributed by atoms with Crippen LogP contribution < -0.4 is 15.4 Å². The van der Waals surface area contributed by atoms with Gasteiger partial charge < -0.3 is 20.5 Å². The van der Waals surface area contributed by atoms with Gasteiger partial charge in [0.15, 0.2) is 0 Å². The van der Waals surface area contributed by atoms with E-state index in [-0.39, 0.29) is 18.7 Å². The minimum absolute atomic E-state index is 0.0997. The van der Waals surface area contributed by atoms with Gasteiger partial charge in [0.1, 0.15) is 5.75 Å². The van der Waals surface area contributed by atoms with Gasteiger partial charge in [0.25, 0.3) is 0 Å². The number of amides is 2. The first-order chi connectivity index (χ1) is 11.5. The van der Waals surface area contributed by atoms with E-state index in [4.69, 9.17) is 4.74 Å². The van der Waals surface area contributed by atoms with Gasteiger partial charge in [-0.05, 0) is 50.1 Å². The summed E-state index contributed by atoms with van der Waals surface area (Å²) in [5, 5.41) is 15.1. The second kappa shape index (κ2) is 8.36. The molecule has 0 saturated heterocycles. The van der Waals surface area contributed by atoms with Crippen LogP contribution in [0.2, 0.25) is 0 Å². The molecule has 2 amide bonds. The van der Waals surface area contributed by atoms with Crippen LogP contribution in [0.4, 0.5) is 10.5 Å². The molecule has 24 heavy (non-hydrogen) atoms. The Morgan fingerprint density at radius 1 is 1.17 bits per heavy atom. The van der Waals surface area contributed by atoms with E-state index in [1.165, 1.54) is 0 Å². The number of urea groups is 1. The van der Waals surface area contributed by atoms with Crippen LogP contribution in [0.1, 0.15) is 31.0 Å². The van der Waals surface area contributed by atoms with Crippen molar-refractivity contribution in [2.75, 3.05) is 11.9 Å². The summed E-state index contributed by atoms with van der Waals surface area (Å²) in [6.45, 7) is 5.67. The summed E-state index contributed by atoms with van der Waals surface area (Å²) in [5.41, 5.74) is 2.46. The van der Waals surface area contributed by atoms with Crippen molar-refractivity contribution in [2.24, 2.45) is 0 Å². The van der Waals surface area contributed by atoms with Crippen molar-refractivity contribution < 1.29 is 14.6 Å². The Balaban J connectivity index is 2.01. The first-order valence-electron chi connectivity index (χ1n) is 8.00. The van der Waals surface area contributed by atoms with Crippen LogP contribution in [0.15, 0.2) is 48.5 Å². The fraction of sp³-hybridized carbons (Fsp3) is 0.316. The third kappa shape index (κ3) is 4.99. The molecular weight excluding hydrogens is 304 g/mol. The molecule has 0 aromatic heterocycles. The van der Waals surface area contributed by atoms with Crippen LogP contribution >= 0.6 is 0 Å². The zero-order valence-electron chi connectivity index (χ0n) is 14.2. The molecule has 5 heteroatoms. The summed E-state index contributed by atoms with van der Waals surface area (Å²) in [5.74, 6) is 0.769. The van der Waals surface area contributed by atoms with Gasteiger partial charge in [0.05, 0.1) is 18.8 Å². The highest BCUT2D eigenvalue weighted by molar-refractivity contribution is 5.90. The molecule has 128 valence electrons. The molecule has 0 aliphatic rings. The van der Waals surface area contributed by atoms with E-state index in [0.29, 0.717) is 5.69 Å². The number of hydrogen-bond acceptors (Lipinski definition) is 3. The van der Waals surface area contributed by atoms with Crippen molar-refractivity contribution in [3.8, 4) is 5.75 Å². The Kier molecular flexibility index (Phi) is 6.21. The molecular formula is C19H24N2O3. The molecule has 0 radical (unpaired) electrons. The molecule has 5 nitrogen and oxygen atoms in total. The van der Waals surface area contributed by atoms with Crippen LogP contribution in [0.25, 0.3) is 0 Å². The van der Waals surface area contributed by atoms with Gasteiger partial charge in [0, 0.05) is 5.69 Å². The van der Waals surface area contributed by atoms with Crippen LogP contribution in [0, 0.1) is 6.92 Å². The number of anilines is 1. The second-order valence-corrected chi connectivity index (χ2v) is 5.89. The van der Waals surface area contributed by atoms with Gasteiger partial charge in [0.2, 0.25) is 0 Å². The third-order valence-electron chi connectivity index (χ3n) is 3.51. The van der Waals surface area contributed by atoms with E-state index in [1.807, 2.05) is 69.3 Å². The standard InChI is InChI=1S/C19H24N2O3/c1-13(2)24-16-9-10-17(14(3)11-16)20-19(23)21-18(12-22)15-7-5-4-6-8-15/h4-11,13,18,22H,12H2,1-3H3,(H2,20,21,23)/t18-/m0/s1. The SMILES string of the molecule is Cc1cc(OC(C)C)ccc1NC(=O)N[C@@H](CO)c1ccccc1. The molecule has 0 unspecified atom stereocenters. The minimum atomic E-state index is -0.449. The number of rotatable bonds is 6. The maximum absolute atomic E-state index is 12.2. The van der Waals surface area contributed by atoms with Crippen molar-refractivity contribution in [2.45, 2.75) is 32.9 Å². The van der Waals surface area contributed by atoms with E-state index in [9.17, 15) is 9.90 Å². The van der Waals surface area contributed by atoms with Crippen LogP contribution in [-0.4, -0.2) is 23.8 Å². The molecule has 0 saturated carbocycles. The summed E-state index contributed by atoms with van der Waals surface area (Å²) < 4.78 is 5.63. The minimum Gasteiger partial charge on any atom is -0.491 e. The van der Waals surface area contributed by atoms with Crippen molar-refractivity contribution in [3.05, 3.63) is 59.7 Å². The Morgan fingerprint density at radius 3 is 2.46 bits per heavy atom. The van der Waals surface area contributed by atoms with E-state index in [2.05, 4.69) is 10.6 Å². The Morgan fingerprint density at radius 2 is 1.88 bits per heavy atom. The second-order valence-electron chi connectivity index (χ2n) is 5.89. The predicted octanol–water partition coefficient (Wildman–Crippen LogP) is 3.64. The molecule has 2 aromatic rings. The summed E-state index contributed by atoms with van der Waals surface area (Å²) >= 11 is 0. The monoisotopic (exact) mass is 328 g/mol. The number of carbonyl (C=O) groups is 1. The van der Waals surface area contributed by atoms with E-state index in [0.717, 1.165) is 16.9 Å². The van der Waals surface area contributed by atoms with Crippen molar-refractivity contribution in [1.82, 2.24) is 5.32 Å². The number of benzene rings is 2. The molecule has 1 atom stereocenters. The number of ether oxygens (including phenoxy) is 1. The molecule has 0 aliphatic carbocycles. The average Bonchev–Trinajstić information content (AvgIpc) is 2.55. The van der Waals surface area contributed by atoms with Crippen LogP contribution in [-0.2, 0) is 0 Å². The number of hydrogen-bond donors (Lipinski definition) is 3. The maximum Gasteiger partial charge on any atom is 0.319 e. The highest BCUT2D eigenvalue weighted by Gasteiger charge is 2.14. The summed E-state index contributed by atoms with van der Waals surface area (Å²) in [4.78, 5) is 12.2. The van der Waals surface area contributed by atoms with E-state index in [1.54, 1.807) is 0 Å². The molecule has 2 aromatic carbocycles. The fourth-order valence-electron chi connectivity index (χ4n) is 2.36. The zero-order chi connectivity index (χ0) is 17.5. The van der Waals surface area contributed by atoms with Crippen LogP contribution in [0.3, 0.4) is 0 Å². The van der Waals surface area contributed by atoms with Gasteiger partial charge >= 0.3 is 6.03 Å². The number of aryl methyl sites for hydroxylation is 1. The third-order valence-corrected chi connectivity index (χ3v) is 3.51. The van der Waals surface area contributed by atoms with Gasteiger partial charge in [-0.2, -0.15) is 0 Å². The lowest BCUT2D eigenvalue weighted by molar-refractivity contribution is 0.225. The molecule has 3 N–H and O–H groups in total. The van der Waals surface area contributed by atoms with E-state index < -0.39 is 6.04 Å². The smallest absolute Gasteiger partial charge is 0.319 e.